The molecule has 2 aliphatic heterocycles. The smallest absolute Gasteiger partial charge is 0.0702 e. The highest BCUT2D eigenvalue weighted by Crippen LogP contribution is 2.22. The molecule has 2 heterocycles. The minimum absolute atomic E-state index is 0.480. The Morgan fingerprint density at radius 3 is 2.68 bits per heavy atom. The lowest BCUT2D eigenvalue weighted by atomic mass is 9.98. The summed E-state index contributed by atoms with van der Waals surface area (Å²) in [7, 11) is 0. The maximum Gasteiger partial charge on any atom is 0.0702 e. The third kappa shape index (κ3) is 4.09. The zero-order valence-electron chi connectivity index (χ0n) is 14.1. The third-order valence-corrected chi connectivity index (χ3v) is 5.10. The van der Waals surface area contributed by atoms with Crippen molar-refractivity contribution >= 4 is 0 Å². The molecule has 3 rings (SSSR count). The Morgan fingerprint density at radius 2 is 2.00 bits per heavy atom. The van der Waals surface area contributed by atoms with E-state index in [1.54, 1.807) is 0 Å². The van der Waals surface area contributed by atoms with Gasteiger partial charge in [0.2, 0.25) is 0 Å². The Balaban J connectivity index is 1.58. The van der Waals surface area contributed by atoms with Crippen molar-refractivity contribution in [1.29, 1.82) is 0 Å². The second-order valence-corrected chi connectivity index (χ2v) is 7.16. The molecule has 0 unspecified atom stereocenters. The summed E-state index contributed by atoms with van der Waals surface area (Å²) >= 11 is 0. The quantitative estimate of drug-likeness (QED) is 0.831. The molecule has 0 N–H and O–H groups in total. The molecule has 1 aromatic carbocycles. The molecule has 2 aliphatic rings. The molecule has 3 nitrogen and oxygen atoms in total. The van der Waals surface area contributed by atoms with Gasteiger partial charge in [-0.05, 0) is 24.3 Å². The molecule has 3 heteroatoms. The summed E-state index contributed by atoms with van der Waals surface area (Å²) in [4.78, 5) is 5.30. The van der Waals surface area contributed by atoms with Crippen molar-refractivity contribution in [3.8, 4) is 0 Å². The van der Waals surface area contributed by atoms with E-state index in [4.69, 9.17) is 4.74 Å². The fraction of sp³-hybridized carbons (Fsp3) is 0.684. The van der Waals surface area contributed by atoms with E-state index < -0.39 is 0 Å². The van der Waals surface area contributed by atoms with Crippen LogP contribution in [-0.4, -0.2) is 54.7 Å². The van der Waals surface area contributed by atoms with Gasteiger partial charge in [0.05, 0.1) is 6.10 Å². The van der Waals surface area contributed by atoms with Gasteiger partial charge >= 0.3 is 0 Å². The minimum atomic E-state index is 0.480. The molecule has 1 aromatic rings. The first-order chi connectivity index (χ1) is 10.7. The molecule has 0 spiro atoms. The second kappa shape index (κ2) is 7.58. The number of hydrogen-bond acceptors (Lipinski definition) is 3. The zero-order chi connectivity index (χ0) is 15.4. The van der Waals surface area contributed by atoms with Crippen molar-refractivity contribution in [2.24, 2.45) is 5.92 Å². The molecule has 122 valence electrons. The average Bonchev–Trinajstić information content (AvgIpc) is 3.02. The number of nitrogens with zero attached hydrogens (tertiary/aromatic N) is 2. The molecule has 22 heavy (non-hydrogen) atoms. The minimum Gasteiger partial charge on any atom is -0.377 e. The maximum atomic E-state index is 5.82. The Labute approximate surface area is 135 Å². The molecule has 0 bridgehead atoms. The summed E-state index contributed by atoms with van der Waals surface area (Å²) in [6, 6.07) is 11.5. The van der Waals surface area contributed by atoms with Crippen LogP contribution in [-0.2, 0) is 11.3 Å². The molecule has 0 saturated carbocycles. The van der Waals surface area contributed by atoms with Gasteiger partial charge in [0.25, 0.3) is 0 Å². The van der Waals surface area contributed by atoms with Crippen LogP contribution in [0.25, 0.3) is 0 Å². The molecule has 0 aliphatic carbocycles. The Hall–Kier alpha value is -0.900. The van der Waals surface area contributed by atoms with Gasteiger partial charge < -0.3 is 4.74 Å². The topological polar surface area (TPSA) is 15.7 Å². The van der Waals surface area contributed by atoms with E-state index in [0.29, 0.717) is 18.1 Å². The maximum absolute atomic E-state index is 5.82. The molecular weight excluding hydrogens is 272 g/mol. The van der Waals surface area contributed by atoms with E-state index in [2.05, 4.69) is 54.0 Å². The van der Waals surface area contributed by atoms with Gasteiger partial charge in [0.15, 0.2) is 0 Å². The molecule has 0 radical (unpaired) electrons. The fourth-order valence-corrected chi connectivity index (χ4v) is 3.80. The van der Waals surface area contributed by atoms with Crippen molar-refractivity contribution < 1.29 is 4.74 Å². The molecule has 2 fully saturated rings. The van der Waals surface area contributed by atoms with Crippen LogP contribution in [0.4, 0.5) is 0 Å². The Morgan fingerprint density at radius 1 is 1.18 bits per heavy atom. The van der Waals surface area contributed by atoms with Crippen LogP contribution in [0.15, 0.2) is 30.3 Å². The van der Waals surface area contributed by atoms with Crippen LogP contribution in [0.1, 0.15) is 32.3 Å². The van der Waals surface area contributed by atoms with E-state index in [9.17, 15) is 0 Å². The van der Waals surface area contributed by atoms with Gasteiger partial charge in [0, 0.05) is 45.4 Å². The third-order valence-electron chi connectivity index (χ3n) is 5.10. The Kier molecular flexibility index (Phi) is 5.51. The van der Waals surface area contributed by atoms with Gasteiger partial charge in [-0.25, -0.2) is 0 Å². The van der Waals surface area contributed by atoms with Crippen molar-refractivity contribution in [3.05, 3.63) is 35.9 Å². The van der Waals surface area contributed by atoms with Crippen LogP contribution in [0.2, 0.25) is 0 Å². The molecule has 2 atom stereocenters. The fourth-order valence-electron chi connectivity index (χ4n) is 3.80. The van der Waals surface area contributed by atoms with Crippen LogP contribution in [0.3, 0.4) is 0 Å². The van der Waals surface area contributed by atoms with Crippen molar-refractivity contribution in [2.45, 2.75) is 45.4 Å². The lowest BCUT2D eigenvalue weighted by Gasteiger charge is -2.44. The standard InChI is InChI=1S/C19H30N2O/c1-16(2)19-15-20(14-18-9-6-12-22-18)10-11-21(19)13-17-7-4-3-5-8-17/h3-5,7-8,16,18-19H,6,9-15H2,1-2H3/t18-,19+/m0/s1. The second-order valence-electron chi connectivity index (χ2n) is 7.16. The van der Waals surface area contributed by atoms with Gasteiger partial charge in [0.1, 0.15) is 0 Å². The predicted molar refractivity (Wildman–Crippen MR) is 90.9 cm³/mol. The first-order valence-corrected chi connectivity index (χ1v) is 8.84. The zero-order valence-corrected chi connectivity index (χ0v) is 14.1. The van der Waals surface area contributed by atoms with E-state index in [1.807, 2.05) is 0 Å². The average molecular weight is 302 g/mol. The summed E-state index contributed by atoms with van der Waals surface area (Å²) in [5, 5.41) is 0. The van der Waals surface area contributed by atoms with Gasteiger partial charge in [-0.15, -0.1) is 0 Å². The summed E-state index contributed by atoms with van der Waals surface area (Å²) in [6.45, 7) is 11.4. The SMILES string of the molecule is CC(C)[C@H]1CN(C[C@@H]2CCCO2)CCN1Cc1ccccc1. The van der Waals surface area contributed by atoms with E-state index in [-0.39, 0.29) is 0 Å². The summed E-state index contributed by atoms with van der Waals surface area (Å²) in [5.41, 5.74) is 1.43. The van der Waals surface area contributed by atoms with Crippen LogP contribution in [0, 0.1) is 5.92 Å². The Bertz CT molecular complexity index is 442. The first kappa shape index (κ1) is 16.0. The first-order valence-electron chi connectivity index (χ1n) is 8.84. The number of ether oxygens (including phenoxy) is 1. The highest BCUT2D eigenvalue weighted by molar-refractivity contribution is 5.14. The highest BCUT2D eigenvalue weighted by Gasteiger charge is 2.30. The van der Waals surface area contributed by atoms with Crippen molar-refractivity contribution in [1.82, 2.24) is 9.80 Å². The van der Waals surface area contributed by atoms with Crippen LogP contribution >= 0.6 is 0 Å². The predicted octanol–water partition coefficient (Wildman–Crippen LogP) is 3.01. The van der Waals surface area contributed by atoms with Gasteiger partial charge in [-0.1, -0.05) is 44.2 Å². The lowest BCUT2D eigenvalue weighted by Crippen LogP contribution is -2.55. The number of rotatable bonds is 5. The van der Waals surface area contributed by atoms with E-state index in [0.717, 1.165) is 19.7 Å². The number of piperazine rings is 1. The number of benzene rings is 1. The van der Waals surface area contributed by atoms with Crippen molar-refractivity contribution in [2.75, 3.05) is 32.8 Å². The lowest BCUT2D eigenvalue weighted by molar-refractivity contribution is 0.0112. The highest BCUT2D eigenvalue weighted by atomic mass is 16.5. The molecular formula is C19H30N2O. The normalized spacial score (nSPS) is 27.6. The summed E-state index contributed by atoms with van der Waals surface area (Å²) < 4.78 is 5.82. The van der Waals surface area contributed by atoms with E-state index in [1.165, 1.54) is 38.0 Å². The van der Waals surface area contributed by atoms with Gasteiger partial charge in [-0.3, -0.25) is 9.80 Å². The molecule has 0 aromatic heterocycles. The van der Waals surface area contributed by atoms with Crippen LogP contribution < -0.4 is 0 Å². The monoisotopic (exact) mass is 302 g/mol. The largest absolute Gasteiger partial charge is 0.377 e. The molecule has 0 amide bonds. The molecule has 2 saturated heterocycles. The summed E-state index contributed by atoms with van der Waals surface area (Å²) in [5.74, 6) is 0.691. The van der Waals surface area contributed by atoms with Crippen LogP contribution in [0.5, 0.6) is 0 Å². The number of hydrogen-bond donors (Lipinski definition) is 0. The summed E-state index contributed by atoms with van der Waals surface area (Å²) in [6.07, 6.45) is 2.97. The van der Waals surface area contributed by atoms with Crippen molar-refractivity contribution in [3.63, 3.8) is 0 Å². The van der Waals surface area contributed by atoms with E-state index >= 15 is 0 Å². The van der Waals surface area contributed by atoms with Gasteiger partial charge in [-0.2, -0.15) is 0 Å².